The van der Waals surface area contributed by atoms with Crippen LogP contribution in [0.1, 0.15) is 69.8 Å². The van der Waals surface area contributed by atoms with E-state index in [4.69, 9.17) is 14.2 Å². The first kappa shape index (κ1) is 35.1. The molecule has 0 spiro atoms. The van der Waals surface area contributed by atoms with Gasteiger partial charge in [0.25, 0.3) is 5.91 Å². The van der Waals surface area contributed by atoms with E-state index < -0.39 is 6.04 Å². The van der Waals surface area contributed by atoms with E-state index in [2.05, 4.69) is 41.6 Å². The summed E-state index contributed by atoms with van der Waals surface area (Å²) in [6, 6.07) is 12.4. The molecule has 0 fully saturated rings. The van der Waals surface area contributed by atoms with E-state index in [0.717, 1.165) is 31.6 Å². The number of rotatable bonds is 9. The number of nitrogens with one attached hydrogen (secondary N) is 2. The maximum absolute atomic E-state index is 14.2. The Bertz CT molecular complexity index is 1190. The molecule has 1 aliphatic heterocycles. The average Bonchev–Trinajstić information content (AvgIpc) is 2.98. The van der Waals surface area contributed by atoms with Crippen molar-refractivity contribution < 1.29 is 28.9 Å². The number of urea groups is 1. The normalized spacial score (nSPS) is 20.8. The molecule has 44 heavy (non-hydrogen) atoms. The van der Waals surface area contributed by atoms with E-state index in [0.29, 0.717) is 36.7 Å². The van der Waals surface area contributed by atoms with Gasteiger partial charge in [0, 0.05) is 43.9 Å². The summed E-state index contributed by atoms with van der Waals surface area (Å²) in [6.07, 6.45) is 2.37. The van der Waals surface area contributed by atoms with Gasteiger partial charge in [0.1, 0.15) is 11.5 Å². The Labute approximate surface area is 263 Å². The van der Waals surface area contributed by atoms with Gasteiger partial charge in [-0.1, -0.05) is 19.1 Å². The van der Waals surface area contributed by atoms with Crippen molar-refractivity contribution in [2.24, 2.45) is 5.92 Å². The molecule has 10 nitrogen and oxygen atoms in total. The lowest BCUT2D eigenvalue weighted by atomic mass is 10.0. The summed E-state index contributed by atoms with van der Waals surface area (Å²) in [4.78, 5) is 30.6. The Kier molecular flexibility index (Phi) is 13.8. The maximum Gasteiger partial charge on any atom is 0.319 e. The number of fused-ring (bicyclic) bond motifs is 1. The Morgan fingerprint density at radius 2 is 1.86 bits per heavy atom. The van der Waals surface area contributed by atoms with Crippen LogP contribution in [0.4, 0.5) is 10.5 Å². The summed E-state index contributed by atoms with van der Waals surface area (Å²) in [7, 11) is 3.73. The van der Waals surface area contributed by atoms with Crippen LogP contribution in [-0.2, 0) is 11.3 Å². The van der Waals surface area contributed by atoms with Crippen LogP contribution in [0.15, 0.2) is 42.5 Å². The van der Waals surface area contributed by atoms with Crippen LogP contribution in [0.5, 0.6) is 11.5 Å². The Morgan fingerprint density at radius 1 is 1.14 bits per heavy atom. The van der Waals surface area contributed by atoms with Crippen molar-refractivity contribution in [1.29, 1.82) is 0 Å². The molecule has 10 heteroatoms. The van der Waals surface area contributed by atoms with E-state index in [1.165, 1.54) is 5.56 Å². The fourth-order valence-corrected chi connectivity index (χ4v) is 5.31. The molecule has 0 aromatic heterocycles. The summed E-state index contributed by atoms with van der Waals surface area (Å²) >= 11 is 0. The first-order chi connectivity index (χ1) is 21.0. The average molecular weight is 613 g/mol. The number of hydrogen-bond acceptors (Lipinski definition) is 7. The zero-order chi connectivity index (χ0) is 32.2. The predicted octanol–water partition coefficient (Wildman–Crippen LogP) is 5.15. The summed E-state index contributed by atoms with van der Waals surface area (Å²) in [6.45, 7) is 11.9. The second-order valence-electron chi connectivity index (χ2n) is 12.3. The van der Waals surface area contributed by atoms with Crippen LogP contribution in [-0.4, -0.2) is 91.6 Å². The maximum atomic E-state index is 14.2. The van der Waals surface area contributed by atoms with Gasteiger partial charge in [-0.05, 0) is 89.9 Å². The van der Waals surface area contributed by atoms with Crippen molar-refractivity contribution >= 4 is 17.6 Å². The molecule has 4 atom stereocenters. The van der Waals surface area contributed by atoms with E-state index in [-0.39, 0.29) is 42.7 Å². The van der Waals surface area contributed by atoms with Gasteiger partial charge in [0.15, 0.2) is 0 Å². The number of methoxy groups -OCH3 is 1. The summed E-state index contributed by atoms with van der Waals surface area (Å²) in [5.41, 5.74) is 2.00. The molecule has 0 saturated heterocycles. The number of carbonyl (C=O) groups excluding carboxylic acids is 2. The number of likely N-dealkylation sites (N-methyl/N-ethyl adjacent to an activating group) is 1. The third-order valence-electron chi connectivity index (χ3n) is 7.83. The lowest BCUT2D eigenvalue weighted by Crippen LogP contribution is -2.47. The van der Waals surface area contributed by atoms with Gasteiger partial charge in [-0.3, -0.25) is 9.69 Å². The van der Waals surface area contributed by atoms with Crippen molar-refractivity contribution in [3.8, 4) is 11.5 Å². The minimum atomic E-state index is -0.443. The highest BCUT2D eigenvalue weighted by molar-refractivity contribution is 5.99. The third kappa shape index (κ3) is 10.7. The van der Waals surface area contributed by atoms with Gasteiger partial charge in [-0.2, -0.15) is 0 Å². The van der Waals surface area contributed by atoms with E-state index >= 15 is 0 Å². The fraction of sp³-hybridized carbons (Fsp3) is 0.588. The summed E-state index contributed by atoms with van der Waals surface area (Å²) in [5.74, 6) is 0.987. The number of benzene rings is 2. The molecular formula is C34H52N4O6. The largest absolute Gasteiger partial charge is 0.497 e. The molecule has 0 saturated carbocycles. The number of ether oxygens (including phenoxy) is 3. The quantitative estimate of drug-likeness (QED) is 0.359. The van der Waals surface area contributed by atoms with E-state index in [9.17, 15) is 14.7 Å². The minimum Gasteiger partial charge on any atom is -0.497 e. The molecule has 0 radical (unpaired) electrons. The second kappa shape index (κ2) is 17.2. The number of aliphatic hydroxyl groups excluding tert-OH is 1. The molecule has 0 bridgehead atoms. The molecule has 0 aliphatic carbocycles. The molecule has 3 rings (SSSR count). The number of hydrogen-bond donors (Lipinski definition) is 3. The van der Waals surface area contributed by atoms with Crippen LogP contribution < -0.4 is 20.1 Å². The highest BCUT2D eigenvalue weighted by Gasteiger charge is 2.30. The van der Waals surface area contributed by atoms with Crippen molar-refractivity contribution in [3.63, 3.8) is 0 Å². The molecule has 2 aromatic rings. The predicted molar refractivity (Wildman–Crippen MR) is 173 cm³/mol. The standard InChI is InChI=1S/C34H52N4O6/c1-23(2)35-34(41)36-28-13-16-31-30(18-28)33(40)38(25(4)22-39)19-24(3)32(43-17-9-8-10-26(5)44-31)21-37(6)20-27-11-14-29(42-7)15-12-27/h11-16,18,23-26,32,39H,8-10,17,19-22H2,1-7H3,(H2,35,36,41)/t24-,25-,26-,32+/m0/s1. The smallest absolute Gasteiger partial charge is 0.319 e. The Balaban J connectivity index is 1.88. The summed E-state index contributed by atoms with van der Waals surface area (Å²) < 4.78 is 18.1. The molecule has 1 aliphatic rings. The zero-order valence-electron chi connectivity index (χ0n) is 27.5. The van der Waals surface area contributed by atoms with Gasteiger partial charge >= 0.3 is 6.03 Å². The Morgan fingerprint density at radius 3 is 2.52 bits per heavy atom. The van der Waals surface area contributed by atoms with Crippen LogP contribution >= 0.6 is 0 Å². The lowest BCUT2D eigenvalue weighted by molar-refractivity contribution is -0.0177. The molecule has 244 valence electrons. The van der Waals surface area contributed by atoms with Crippen LogP contribution in [0.25, 0.3) is 0 Å². The van der Waals surface area contributed by atoms with Crippen molar-refractivity contribution in [3.05, 3.63) is 53.6 Å². The van der Waals surface area contributed by atoms with Crippen molar-refractivity contribution in [2.45, 2.75) is 84.7 Å². The van der Waals surface area contributed by atoms with Gasteiger partial charge in [0.05, 0.1) is 37.5 Å². The topological polar surface area (TPSA) is 113 Å². The molecule has 3 N–H and O–H groups in total. The lowest BCUT2D eigenvalue weighted by Gasteiger charge is -2.36. The molecule has 0 unspecified atom stereocenters. The van der Waals surface area contributed by atoms with Crippen molar-refractivity contribution in [1.82, 2.24) is 15.1 Å². The zero-order valence-corrected chi connectivity index (χ0v) is 27.5. The highest BCUT2D eigenvalue weighted by atomic mass is 16.5. The third-order valence-corrected chi connectivity index (χ3v) is 7.83. The van der Waals surface area contributed by atoms with E-state index in [1.54, 1.807) is 30.2 Å². The number of nitrogens with zero attached hydrogens (tertiary/aromatic N) is 2. The number of aliphatic hydroxyl groups is 1. The number of carbonyl (C=O) groups is 2. The fourth-order valence-electron chi connectivity index (χ4n) is 5.31. The monoisotopic (exact) mass is 612 g/mol. The number of anilines is 1. The minimum absolute atomic E-state index is 0.0318. The molecular weight excluding hydrogens is 560 g/mol. The van der Waals surface area contributed by atoms with Crippen LogP contribution in [0, 0.1) is 5.92 Å². The van der Waals surface area contributed by atoms with Crippen LogP contribution in [0.2, 0.25) is 0 Å². The first-order valence-electron chi connectivity index (χ1n) is 15.7. The Hall–Kier alpha value is -3.34. The first-order valence-corrected chi connectivity index (χ1v) is 15.7. The molecule has 2 aromatic carbocycles. The van der Waals surface area contributed by atoms with Gasteiger partial charge < -0.3 is 34.9 Å². The SMILES string of the molecule is COc1ccc(CN(C)C[C@H]2OCCCC[C@H](C)Oc3ccc(NC(=O)NC(C)C)cc3C(=O)N([C@@H](C)CO)C[C@@H]2C)cc1. The van der Waals surface area contributed by atoms with E-state index in [1.807, 2.05) is 39.8 Å². The second-order valence-corrected chi connectivity index (χ2v) is 12.3. The highest BCUT2D eigenvalue weighted by Crippen LogP contribution is 2.28. The molecule has 3 amide bonds. The van der Waals surface area contributed by atoms with Gasteiger partial charge in [-0.25, -0.2) is 4.79 Å². The molecule has 1 heterocycles. The van der Waals surface area contributed by atoms with Crippen molar-refractivity contribution in [2.75, 3.05) is 45.8 Å². The van der Waals surface area contributed by atoms with Gasteiger partial charge in [-0.15, -0.1) is 0 Å². The number of amides is 3. The van der Waals surface area contributed by atoms with Crippen LogP contribution in [0.3, 0.4) is 0 Å². The summed E-state index contributed by atoms with van der Waals surface area (Å²) in [5, 5.41) is 15.8. The van der Waals surface area contributed by atoms with Gasteiger partial charge in [0.2, 0.25) is 0 Å².